The van der Waals surface area contributed by atoms with E-state index in [1.165, 1.54) is 53.7 Å². The molecular weight excluding hydrogens is 580 g/mol. The summed E-state index contributed by atoms with van der Waals surface area (Å²) in [4.78, 5) is 36.1. The van der Waals surface area contributed by atoms with Gasteiger partial charge in [-0.1, -0.05) is 95.0 Å². The number of hydrogen-bond acceptors (Lipinski definition) is 7. The minimum absolute atomic E-state index is 0.221. The van der Waals surface area contributed by atoms with Gasteiger partial charge in [0.1, 0.15) is 5.82 Å². The third-order valence-corrected chi connectivity index (χ3v) is 10.0. The summed E-state index contributed by atoms with van der Waals surface area (Å²) >= 11 is 8.27. The Morgan fingerprint density at radius 3 is 2.51 bits per heavy atom. The van der Waals surface area contributed by atoms with Crippen LogP contribution in [-0.2, 0) is 27.3 Å². The van der Waals surface area contributed by atoms with Gasteiger partial charge in [0.25, 0.3) is 5.91 Å². The van der Waals surface area contributed by atoms with Gasteiger partial charge >= 0.3 is 5.97 Å². The molecule has 3 aromatic rings. The molecule has 9 heteroatoms. The zero-order valence-corrected chi connectivity index (χ0v) is 27.2. The smallest absolute Gasteiger partial charge is 0.335 e. The Bertz CT molecular complexity index is 1390. The summed E-state index contributed by atoms with van der Waals surface area (Å²) in [5.41, 5.74) is 2.49. The van der Waals surface area contributed by atoms with Gasteiger partial charge in [0, 0.05) is 43.1 Å². The highest BCUT2D eigenvalue weighted by Crippen LogP contribution is 2.35. The third kappa shape index (κ3) is 8.08. The molecule has 1 atom stereocenters. The van der Waals surface area contributed by atoms with E-state index < -0.39 is 0 Å². The molecule has 0 saturated carbocycles. The highest BCUT2D eigenvalue weighted by molar-refractivity contribution is 7.13. The average molecular weight is 625 g/mol. The quantitative estimate of drug-likeness (QED) is 0.161. The highest BCUT2D eigenvalue weighted by atomic mass is 35.5. The topological polar surface area (TPSA) is 66.0 Å². The van der Waals surface area contributed by atoms with Crippen LogP contribution in [0.2, 0.25) is 5.02 Å². The van der Waals surface area contributed by atoms with Crippen LogP contribution in [0.4, 0.5) is 11.5 Å². The van der Waals surface area contributed by atoms with Crippen LogP contribution in [0.3, 0.4) is 0 Å². The summed E-state index contributed by atoms with van der Waals surface area (Å²) in [6, 6.07) is 12.2. The van der Waals surface area contributed by atoms with Crippen molar-refractivity contribution >= 4 is 56.6 Å². The van der Waals surface area contributed by atoms with Crippen LogP contribution in [0.5, 0.6) is 0 Å². The van der Waals surface area contributed by atoms with E-state index in [0.29, 0.717) is 10.7 Å². The van der Waals surface area contributed by atoms with Gasteiger partial charge in [0.2, 0.25) is 0 Å². The normalized spacial score (nSPS) is 16.2. The van der Waals surface area contributed by atoms with Gasteiger partial charge in [-0.05, 0) is 53.7 Å². The van der Waals surface area contributed by atoms with E-state index in [1.54, 1.807) is 17.6 Å². The van der Waals surface area contributed by atoms with Gasteiger partial charge in [0.15, 0.2) is 0 Å². The van der Waals surface area contributed by atoms with Gasteiger partial charge in [0.05, 0.1) is 22.7 Å². The first kappa shape index (κ1) is 31.7. The predicted octanol–water partition coefficient (Wildman–Crippen LogP) is 7.83. The number of hydrogen-bond donors (Lipinski definition) is 0. The molecule has 0 spiro atoms. The van der Waals surface area contributed by atoms with Crippen LogP contribution in [-0.4, -0.2) is 53.9 Å². The van der Waals surface area contributed by atoms with Crippen LogP contribution in [0.15, 0.2) is 36.4 Å². The molecular formula is C34H45ClN4O3S. The van der Waals surface area contributed by atoms with Gasteiger partial charge < -0.3 is 9.74 Å². The zero-order valence-electron chi connectivity index (χ0n) is 25.7. The first-order chi connectivity index (χ1) is 20.9. The molecule has 0 N–H and O–H groups in total. The van der Waals surface area contributed by atoms with Crippen molar-refractivity contribution in [2.24, 2.45) is 5.92 Å². The molecule has 0 radical (unpaired) electrons. The fourth-order valence-corrected chi connectivity index (χ4v) is 7.14. The number of anilines is 2. The van der Waals surface area contributed by atoms with E-state index in [1.807, 2.05) is 13.0 Å². The number of piperazine rings is 1. The standard InChI is InChI=1S/C34H45ClN4O3S/c1-3-4-5-6-7-8-9-10-13-25(2)34(41)42-39-30-24-29(35)26(22-27(30)23-32(39)40)16-17-37-18-20-38(21-19-37)33-28-14-11-12-15-31(28)43-36-33/h11-12,14-15,22,24-25H,3-10,13,16-21,23H2,1-2H3. The Labute approximate surface area is 265 Å². The number of halogens is 1. The number of carbonyl (C=O) groups excluding carboxylic acids is 2. The lowest BCUT2D eigenvalue weighted by atomic mass is 10.0. The van der Waals surface area contributed by atoms with Gasteiger partial charge in [-0.3, -0.25) is 9.69 Å². The van der Waals surface area contributed by atoms with Gasteiger partial charge in [-0.2, -0.15) is 4.37 Å². The SMILES string of the molecule is CCCCCCCCCCC(C)C(=O)ON1C(=O)Cc2cc(CCN3CCN(c4nsc5ccccc45)CC3)c(Cl)cc21. The average Bonchev–Trinajstić information content (AvgIpc) is 3.58. The van der Waals surface area contributed by atoms with Crippen molar-refractivity contribution in [3.05, 3.63) is 52.5 Å². The van der Waals surface area contributed by atoms with Crippen LogP contribution in [0, 0.1) is 5.92 Å². The third-order valence-electron chi connectivity index (χ3n) is 8.84. The molecule has 0 aliphatic carbocycles. The molecule has 1 amide bonds. The van der Waals surface area contributed by atoms with E-state index in [0.717, 1.165) is 75.4 Å². The fraction of sp³-hybridized carbons (Fsp3) is 0.559. The second-order valence-electron chi connectivity index (χ2n) is 12.1. The highest BCUT2D eigenvalue weighted by Gasteiger charge is 2.33. The summed E-state index contributed by atoms with van der Waals surface area (Å²) in [5.74, 6) is 0.274. The number of rotatable bonds is 15. The van der Waals surface area contributed by atoms with Crippen molar-refractivity contribution in [2.75, 3.05) is 42.7 Å². The Kier molecular flexibility index (Phi) is 11.3. The van der Waals surface area contributed by atoms with Crippen molar-refractivity contribution < 1.29 is 14.4 Å². The monoisotopic (exact) mass is 624 g/mol. The lowest BCUT2D eigenvalue weighted by molar-refractivity contribution is -0.153. The second-order valence-corrected chi connectivity index (χ2v) is 13.3. The lowest BCUT2D eigenvalue weighted by Crippen LogP contribution is -2.47. The van der Waals surface area contributed by atoms with Crippen molar-refractivity contribution in [3.8, 4) is 0 Å². The maximum atomic E-state index is 12.8. The van der Waals surface area contributed by atoms with Crippen molar-refractivity contribution in [1.29, 1.82) is 0 Å². The number of nitrogens with zero attached hydrogens (tertiary/aromatic N) is 4. The van der Waals surface area contributed by atoms with E-state index in [2.05, 4.69) is 41.0 Å². The Morgan fingerprint density at radius 1 is 1.02 bits per heavy atom. The van der Waals surface area contributed by atoms with Gasteiger partial charge in [-0.15, -0.1) is 5.06 Å². The Morgan fingerprint density at radius 2 is 1.74 bits per heavy atom. The Balaban J connectivity index is 1.08. The van der Waals surface area contributed by atoms with E-state index in [-0.39, 0.29) is 24.2 Å². The summed E-state index contributed by atoms with van der Waals surface area (Å²) in [7, 11) is 0. The van der Waals surface area contributed by atoms with Crippen LogP contribution >= 0.6 is 23.1 Å². The Hall–Kier alpha value is -2.68. The molecule has 1 saturated heterocycles. The lowest BCUT2D eigenvalue weighted by Gasteiger charge is -2.35. The maximum Gasteiger partial charge on any atom is 0.335 e. The first-order valence-corrected chi connectivity index (χ1v) is 17.3. The molecule has 2 aliphatic heterocycles. The minimum Gasteiger partial charge on any atom is -0.353 e. The summed E-state index contributed by atoms with van der Waals surface area (Å²) < 4.78 is 5.95. The maximum absolute atomic E-state index is 12.8. The summed E-state index contributed by atoms with van der Waals surface area (Å²) in [6.45, 7) is 8.84. The van der Waals surface area contributed by atoms with E-state index >= 15 is 0 Å². The second kappa shape index (κ2) is 15.4. The number of aromatic nitrogens is 1. The number of unbranched alkanes of at least 4 members (excludes halogenated alkanes) is 7. The number of carbonyl (C=O) groups is 2. The van der Waals surface area contributed by atoms with Crippen LogP contribution in [0.1, 0.15) is 82.8 Å². The van der Waals surface area contributed by atoms with Crippen LogP contribution in [0.25, 0.3) is 10.1 Å². The zero-order chi connectivity index (χ0) is 30.2. The molecule has 43 heavy (non-hydrogen) atoms. The first-order valence-electron chi connectivity index (χ1n) is 16.1. The number of hydroxylamine groups is 1. The molecule has 232 valence electrons. The van der Waals surface area contributed by atoms with Crippen molar-refractivity contribution in [1.82, 2.24) is 9.27 Å². The molecule has 5 rings (SSSR count). The van der Waals surface area contributed by atoms with Crippen LogP contribution < -0.4 is 9.96 Å². The molecule has 1 fully saturated rings. The molecule has 1 aromatic heterocycles. The van der Waals surface area contributed by atoms with Crippen molar-refractivity contribution in [2.45, 2.75) is 84.5 Å². The molecule has 2 aromatic carbocycles. The number of fused-ring (bicyclic) bond motifs is 2. The van der Waals surface area contributed by atoms with Gasteiger partial charge in [-0.25, -0.2) is 4.79 Å². The predicted molar refractivity (Wildman–Crippen MR) is 177 cm³/mol. The summed E-state index contributed by atoms with van der Waals surface area (Å²) in [5, 5.41) is 3.01. The molecule has 1 unspecified atom stereocenters. The molecule has 2 aliphatic rings. The molecule has 3 heterocycles. The number of amides is 1. The fourth-order valence-electron chi connectivity index (χ4n) is 6.09. The van der Waals surface area contributed by atoms with E-state index in [9.17, 15) is 9.59 Å². The number of benzene rings is 2. The summed E-state index contributed by atoms with van der Waals surface area (Å²) in [6.07, 6.45) is 11.6. The molecule has 0 bridgehead atoms. The van der Waals surface area contributed by atoms with Crippen molar-refractivity contribution in [3.63, 3.8) is 0 Å². The van der Waals surface area contributed by atoms with E-state index in [4.69, 9.17) is 20.8 Å². The molecule has 7 nitrogen and oxygen atoms in total. The minimum atomic E-state index is -0.353. The largest absolute Gasteiger partial charge is 0.353 e.